The number of carbonyl (C=O) groups excluding carboxylic acids is 3. The summed E-state index contributed by atoms with van der Waals surface area (Å²) < 4.78 is 23.9. The first-order chi connectivity index (χ1) is 17.8. The van der Waals surface area contributed by atoms with Gasteiger partial charge in [-0.15, -0.1) is 0 Å². The van der Waals surface area contributed by atoms with Crippen LogP contribution in [0.25, 0.3) is 0 Å². The molecule has 5 aliphatic rings. The minimum absolute atomic E-state index is 0.0723. The van der Waals surface area contributed by atoms with E-state index in [0.29, 0.717) is 5.92 Å². The third kappa shape index (κ3) is 2.81. The second-order valence-corrected chi connectivity index (χ2v) is 13.1. The standard InChI is InChI=1S/C31H38O7/c1-14(2)18-12-36-13-19(18)17-11-20-22(15(17)3)31(7)24(16(4)27(33)35-8)30(6)21(32)9-10-29(5)25(30)23(26(31)37-20)38-28(29)34/h9-10,12-14,16-17,20,23-26H,11H2,1-8H3/t16?,17-,20-,23-,24-,25+,26-,29-,30-,31+/m1/s1. The summed E-state index contributed by atoms with van der Waals surface area (Å²) in [4.78, 5) is 40.5. The third-order valence-corrected chi connectivity index (χ3v) is 11.0. The van der Waals surface area contributed by atoms with Gasteiger partial charge in [-0.25, -0.2) is 0 Å². The Bertz CT molecular complexity index is 1300. The zero-order chi connectivity index (χ0) is 27.5. The molecule has 1 saturated carbocycles. The van der Waals surface area contributed by atoms with Crippen LogP contribution in [0.1, 0.15) is 77.8 Å². The van der Waals surface area contributed by atoms with Crippen LogP contribution in [0.2, 0.25) is 0 Å². The summed E-state index contributed by atoms with van der Waals surface area (Å²) in [7, 11) is 1.39. The zero-order valence-corrected chi connectivity index (χ0v) is 23.5. The lowest BCUT2D eigenvalue weighted by molar-refractivity contribution is -0.198. The maximum absolute atomic E-state index is 13.9. The Balaban J connectivity index is 1.58. The van der Waals surface area contributed by atoms with Crippen LogP contribution >= 0.6 is 0 Å². The number of hydrogen-bond acceptors (Lipinski definition) is 7. The number of ketones is 1. The van der Waals surface area contributed by atoms with Crippen molar-refractivity contribution in [3.8, 4) is 0 Å². The summed E-state index contributed by atoms with van der Waals surface area (Å²) in [5.74, 6) is -1.84. The summed E-state index contributed by atoms with van der Waals surface area (Å²) in [6, 6.07) is 0. The number of fused-ring (bicyclic) bond motifs is 4. The van der Waals surface area contributed by atoms with Crippen LogP contribution in [0, 0.1) is 34.0 Å². The third-order valence-electron chi connectivity index (χ3n) is 11.0. The smallest absolute Gasteiger partial charge is 0.316 e. The molecule has 0 N–H and O–H groups in total. The topological polar surface area (TPSA) is 92.0 Å². The van der Waals surface area contributed by atoms with Crippen molar-refractivity contribution in [1.82, 2.24) is 0 Å². The molecule has 0 radical (unpaired) electrons. The van der Waals surface area contributed by atoms with Gasteiger partial charge in [0.1, 0.15) is 12.2 Å². The normalized spacial score (nSPS) is 43.7. The fourth-order valence-electron chi connectivity index (χ4n) is 9.58. The number of allylic oxidation sites excluding steroid dienone is 2. The van der Waals surface area contributed by atoms with Crippen molar-refractivity contribution >= 4 is 17.7 Å². The van der Waals surface area contributed by atoms with Gasteiger partial charge in [0.15, 0.2) is 5.78 Å². The van der Waals surface area contributed by atoms with Gasteiger partial charge >= 0.3 is 11.9 Å². The highest BCUT2D eigenvalue weighted by molar-refractivity contribution is 6.00. The average molecular weight is 523 g/mol. The first-order valence-electron chi connectivity index (χ1n) is 13.8. The Hall–Kier alpha value is -2.67. The van der Waals surface area contributed by atoms with E-state index in [9.17, 15) is 14.4 Å². The molecular formula is C31H38O7. The Morgan fingerprint density at radius 2 is 1.82 bits per heavy atom. The van der Waals surface area contributed by atoms with Gasteiger partial charge in [0.05, 0.1) is 37.1 Å². The van der Waals surface area contributed by atoms with Gasteiger partial charge in [-0.2, -0.15) is 0 Å². The molecule has 2 aliphatic heterocycles. The molecule has 2 saturated heterocycles. The molecule has 0 aromatic carbocycles. The van der Waals surface area contributed by atoms with E-state index in [0.717, 1.165) is 17.6 Å². The highest BCUT2D eigenvalue weighted by atomic mass is 16.6. The van der Waals surface area contributed by atoms with Crippen LogP contribution in [0.5, 0.6) is 0 Å². The van der Waals surface area contributed by atoms with E-state index in [-0.39, 0.29) is 29.7 Å². The lowest BCUT2D eigenvalue weighted by Gasteiger charge is -2.60. The minimum atomic E-state index is -1.03. The highest BCUT2D eigenvalue weighted by Crippen LogP contribution is 2.72. The van der Waals surface area contributed by atoms with E-state index < -0.39 is 46.2 Å². The molecule has 1 unspecified atom stereocenters. The van der Waals surface area contributed by atoms with Crippen LogP contribution in [0.3, 0.4) is 0 Å². The van der Waals surface area contributed by atoms with Crippen molar-refractivity contribution in [3.63, 3.8) is 0 Å². The van der Waals surface area contributed by atoms with E-state index in [1.54, 1.807) is 6.08 Å². The van der Waals surface area contributed by atoms with Crippen LogP contribution in [-0.4, -0.2) is 43.1 Å². The maximum Gasteiger partial charge on any atom is 0.316 e. The largest absolute Gasteiger partial charge is 0.472 e. The Labute approximate surface area is 223 Å². The average Bonchev–Trinajstić information content (AvgIpc) is 3.59. The minimum Gasteiger partial charge on any atom is -0.472 e. The zero-order valence-electron chi connectivity index (χ0n) is 23.5. The van der Waals surface area contributed by atoms with Crippen molar-refractivity contribution in [2.24, 2.45) is 34.0 Å². The van der Waals surface area contributed by atoms with Gasteiger partial charge in [-0.05, 0) is 49.3 Å². The number of rotatable bonds is 4. The summed E-state index contributed by atoms with van der Waals surface area (Å²) >= 11 is 0. The number of methoxy groups -OCH3 is 1. The first kappa shape index (κ1) is 25.6. The SMILES string of the molecule is COC(=O)C(C)[C@H]1[C@]2(C)C3=C(C)[C@H](c4cocc4C(C)C)C[C@H]3O[C@@H]2[C@@H]2OC(=O)[C@]3(C)C=CC(=O)[C@@]1(C)[C@@H]23. The van der Waals surface area contributed by atoms with E-state index in [1.807, 2.05) is 33.3 Å². The molecule has 3 heterocycles. The lowest BCUT2D eigenvalue weighted by Crippen LogP contribution is -2.67. The van der Waals surface area contributed by atoms with Gasteiger partial charge in [-0.1, -0.05) is 46.3 Å². The second-order valence-electron chi connectivity index (χ2n) is 13.1. The Morgan fingerprint density at radius 1 is 1.11 bits per heavy atom. The molecule has 1 aromatic heterocycles. The molecule has 0 bridgehead atoms. The fourth-order valence-corrected chi connectivity index (χ4v) is 9.58. The van der Waals surface area contributed by atoms with E-state index in [1.165, 1.54) is 24.3 Å². The molecule has 0 spiro atoms. The molecule has 7 nitrogen and oxygen atoms in total. The van der Waals surface area contributed by atoms with Crippen molar-refractivity contribution in [3.05, 3.63) is 47.0 Å². The molecular weight excluding hydrogens is 484 g/mol. The molecule has 38 heavy (non-hydrogen) atoms. The van der Waals surface area contributed by atoms with Crippen LogP contribution < -0.4 is 0 Å². The van der Waals surface area contributed by atoms with E-state index in [2.05, 4.69) is 27.7 Å². The molecule has 204 valence electrons. The van der Waals surface area contributed by atoms with Gasteiger partial charge in [0.2, 0.25) is 0 Å². The summed E-state index contributed by atoms with van der Waals surface area (Å²) in [5.41, 5.74) is 1.97. The van der Waals surface area contributed by atoms with Crippen molar-refractivity contribution in [1.29, 1.82) is 0 Å². The van der Waals surface area contributed by atoms with E-state index in [4.69, 9.17) is 18.6 Å². The lowest BCUT2D eigenvalue weighted by atomic mass is 9.40. The number of carbonyl (C=O) groups is 3. The summed E-state index contributed by atoms with van der Waals surface area (Å²) in [6.07, 6.45) is 6.42. The second kappa shape index (κ2) is 7.93. The van der Waals surface area contributed by atoms with Gasteiger partial charge in [0.25, 0.3) is 0 Å². The molecule has 3 fully saturated rings. The summed E-state index contributed by atoms with van der Waals surface area (Å²) in [6.45, 7) is 14.2. The van der Waals surface area contributed by atoms with Gasteiger partial charge < -0.3 is 18.6 Å². The Kier molecular flexibility index (Phi) is 5.35. The van der Waals surface area contributed by atoms with E-state index >= 15 is 0 Å². The maximum atomic E-state index is 13.9. The monoisotopic (exact) mass is 522 g/mol. The van der Waals surface area contributed by atoms with Crippen molar-refractivity contribution in [2.45, 2.75) is 85.0 Å². The summed E-state index contributed by atoms with van der Waals surface area (Å²) in [5, 5.41) is 0. The van der Waals surface area contributed by atoms with Crippen LogP contribution in [-0.2, 0) is 28.6 Å². The van der Waals surface area contributed by atoms with Crippen molar-refractivity contribution < 1.29 is 33.0 Å². The predicted molar refractivity (Wildman–Crippen MR) is 138 cm³/mol. The molecule has 3 aliphatic carbocycles. The molecule has 6 rings (SSSR count). The van der Waals surface area contributed by atoms with Crippen molar-refractivity contribution in [2.75, 3.05) is 7.11 Å². The Morgan fingerprint density at radius 3 is 2.47 bits per heavy atom. The number of esters is 2. The molecule has 7 heteroatoms. The fraction of sp³-hybridized carbons (Fsp3) is 0.645. The molecule has 10 atom stereocenters. The van der Waals surface area contributed by atoms with Crippen LogP contribution in [0.15, 0.2) is 40.2 Å². The van der Waals surface area contributed by atoms with Gasteiger partial charge in [0, 0.05) is 28.2 Å². The predicted octanol–water partition coefficient (Wildman–Crippen LogP) is 5.11. The molecule has 0 amide bonds. The number of hydrogen-bond donors (Lipinski definition) is 0. The van der Waals surface area contributed by atoms with Gasteiger partial charge in [-0.3, -0.25) is 14.4 Å². The molecule has 1 aromatic rings. The quantitative estimate of drug-likeness (QED) is 0.401. The highest BCUT2D eigenvalue weighted by Gasteiger charge is 2.78. The van der Waals surface area contributed by atoms with Crippen LogP contribution in [0.4, 0.5) is 0 Å². The first-order valence-corrected chi connectivity index (χ1v) is 13.8. The number of ether oxygens (including phenoxy) is 3. The number of furan rings is 1.